The molecule has 3 N–H and O–H groups in total. The normalized spacial score (nSPS) is 27.9. The molecule has 9 heterocycles. The number of carbonyl (C=O) groups is 6. The summed E-state index contributed by atoms with van der Waals surface area (Å²) in [6, 6.07) is 19.7. The van der Waals surface area contributed by atoms with E-state index < -0.39 is 30.3 Å². The van der Waals surface area contributed by atoms with Crippen molar-refractivity contribution in [2.75, 3.05) is 55.2 Å². The van der Waals surface area contributed by atoms with Crippen molar-refractivity contribution in [3.05, 3.63) is 71.7 Å². The Morgan fingerprint density at radius 2 is 0.819 bits per heavy atom. The Balaban J connectivity index is 0.000000122. The summed E-state index contributed by atoms with van der Waals surface area (Å²) in [5.41, 5.74) is 5.56. The van der Waals surface area contributed by atoms with Crippen LogP contribution in [0.4, 0.5) is 39.8 Å². The summed E-state index contributed by atoms with van der Waals surface area (Å²) in [5.74, 6) is -2.83. The van der Waals surface area contributed by atoms with Crippen molar-refractivity contribution < 1.29 is 50.7 Å². The fourth-order valence-corrected chi connectivity index (χ4v) is 15.9. The number of aromatic nitrogens is 9. The van der Waals surface area contributed by atoms with Crippen molar-refractivity contribution in [3.8, 4) is 6.07 Å². The molecular formula is C67H79F5N16O6. The van der Waals surface area contributed by atoms with Crippen molar-refractivity contribution in [1.82, 2.24) is 58.5 Å². The average molecular weight is 1300 g/mol. The summed E-state index contributed by atoms with van der Waals surface area (Å²) in [7, 11) is 0. The van der Waals surface area contributed by atoms with Gasteiger partial charge < -0.3 is 14.7 Å². The van der Waals surface area contributed by atoms with E-state index >= 15 is 0 Å². The molecular weight excluding hydrogens is 1220 g/mol. The van der Waals surface area contributed by atoms with Crippen LogP contribution >= 0.6 is 0 Å². The van der Waals surface area contributed by atoms with Crippen LogP contribution in [0.5, 0.6) is 0 Å². The van der Waals surface area contributed by atoms with Crippen molar-refractivity contribution >= 4 is 70.2 Å². The van der Waals surface area contributed by atoms with Gasteiger partial charge in [0.2, 0.25) is 53.3 Å². The predicted octanol–water partition coefficient (Wildman–Crippen LogP) is 10.4. The topological polar surface area (TPSA) is 263 Å². The highest BCUT2D eigenvalue weighted by Crippen LogP contribution is 2.54. The highest BCUT2D eigenvalue weighted by molar-refractivity contribution is 5.94. The van der Waals surface area contributed by atoms with Gasteiger partial charge in [-0.25, -0.2) is 22.3 Å². The minimum Gasteiger partial charge on any atom is -0.342 e. The summed E-state index contributed by atoms with van der Waals surface area (Å²) in [5, 5.41) is 30.9. The van der Waals surface area contributed by atoms with Crippen LogP contribution in [-0.2, 0) is 28.8 Å². The monoisotopic (exact) mass is 1300 g/mol. The average Bonchev–Trinajstić information content (AvgIpc) is 1.58. The van der Waals surface area contributed by atoms with Crippen LogP contribution in [0.15, 0.2) is 54.6 Å². The summed E-state index contributed by atoms with van der Waals surface area (Å²) >= 11 is 0. The Morgan fingerprint density at radius 1 is 0.489 bits per heavy atom. The molecule has 1 unspecified atom stereocenters. The van der Waals surface area contributed by atoms with E-state index in [9.17, 15) is 50.7 Å². The predicted molar refractivity (Wildman–Crippen MR) is 331 cm³/mol. The van der Waals surface area contributed by atoms with Crippen LogP contribution in [0.2, 0.25) is 0 Å². The molecule has 16 rings (SSSR count). The summed E-state index contributed by atoms with van der Waals surface area (Å²) in [6.07, 6.45) is 13.7. The molecule has 6 aromatic rings. The van der Waals surface area contributed by atoms with Crippen molar-refractivity contribution in [3.63, 3.8) is 0 Å². The third kappa shape index (κ3) is 13.7. The van der Waals surface area contributed by atoms with E-state index in [2.05, 4.69) is 58.3 Å². The number of anilines is 3. The van der Waals surface area contributed by atoms with Crippen molar-refractivity contribution in [2.45, 2.75) is 184 Å². The molecule has 498 valence electrons. The molecule has 0 radical (unpaired) electrons. The van der Waals surface area contributed by atoms with Gasteiger partial charge in [0.25, 0.3) is 5.92 Å². The molecule has 3 saturated heterocycles. The highest BCUT2D eigenvalue weighted by atomic mass is 19.4. The molecule has 94 heavy (non-hydrogen) atoms. The molecule has 10 aliphatic rings. The summed E-state index contributed by atoms with van der Waals surface area (Å²) in [6.45, 7) is 3.58. The lowest BCUT2D eigenvalue weighted by atomic mass is 9.69. The fraction of sp³-hybridized carbons (Fsp3) is 0.627. The standard InChI is InChI=1S/C23H27F2N5O2.C22H26F3N5O2.C22H26N6O2/c24-23(25)12-16(23)20(32)29-11-10-22(13-29)8-6-14(7-9-22)17-2-1-3-18-26-21(28-30(17)18)27-19(31)15-4-5-15;23-22(24,25)12-18(31)29-11-10-21(13-29)8-6-14(7-9-21)16-2-1-3-17-26-20(28-30(16)17)27-19(32)15-4-5-15;23-12-8-19(29)27-13-11-22(14-27)9-6-15(7-10-22)17-2-1-3-18-24-21(26-28(17)18)25-20(30)16-4-5-16/h1-3,14-16H,4-13H2,(H,27,28,31);1-3,14-15H,4-13H2,(H,27,28,32);1-3,15-16H,4-11,13-14H2,(H,25,26,30). The third-order valence-corrected chi connectivity index (χ3v) is 22.1. The number of fused-ring (bicyclic) bond motifs is 3. The molecule has 0 aromatic carbocycles. The summed E-state index contributed by atoms with van der Waals surface area (Å²) in [4.78, 5) is 91.0. The SMILES string of the molecule is N#CCC(=O)N1CCC2(CCC(c3cccc4nc(NC(=O)C5CC5)nn34)CC2)C1.O=C(Nc1nc2cccc(C3CCC4(CC3)CCN(C(=O)C3CC3(F)F)C4)n2n1)C1CC1.O=C(Nc1nc2cccc(C3CCC4(CC3)CCN(C(=O)CC(F)(F)F)C4)n2n1)C1CC1. The first-order valence-corrected chi connectivity index (χ1v) is 33.8. The van der Waals surface area contributed by atoms with Crippen LogP contribution in [0.3, 0.4) is 0 Å². The van der Waals surface area contributed by atoms with Crippen LogP contribution in [0, 0.1) is 51.2 Å². The number of rotatable bonds is 12. The number of carbonyl (C=O) groups excluding carboxylic acids is 6. The highest BCUT2D eigenvalue weighted by Gasteiger charge is 2.63. The van der Waals surface area contributed by atoms with Crippen molar-refractivity contribution in [1.29, 1.82) is 5.26 Å². The minimum absolute atomic E-state index is 0.00800. The molecule has 6 aromatic heterocycles. The first kappa shape index (κ1) is 63.2. The number of nitrogens with one attached hydrogen (secondary N) is 3. The zero-order valence-corrected chi connectivity index (χ0v) is 52.6. The van der Waals surface area contributed by atoms with Gasteiger partial charge in [-0.2, -0.15) is 33.4 Å². The minimum atomic E-state index is -4.46. The van der Waals surface area contributed by atoms with Gasteiger partial charge in [0.05, 0.1) is 6.07 Å². The largest absolute Gasteiger partial charge is 0.397 e. The Labute approximate surface area is 539 Å². The number of pyridine rings is 3. The van der Waals surface area contributed by atoms with E-state index in [-0.39, 0.29) is 82.3 Å². The van der Waals surface area contributed by atoms with E-state index in [1.807, 2.05) is 62.5 Å². The van der Waals surface area contributed by atoms with Gasteiger partial charge in [0, 0.05) is 98.3 Å². The fourth-order valence-electron chi connectivity index (χ4n) is 15.9. The van der Waals surface area contributed by atoms with Crippen LogP contribution in [-0.4, -0.2) is 145 Å². The lowest BCUT2D eigenvalue weighted by Gasteiger charge is -2.37. The van der Waals surface area contributed by atoms with Gasteiger partial charge in [-0.3, -0.25) is 44.7 Å². The Kier molecular flexibility index (Phi) is 16.7. The number of amides is 6. The number of alkyl halides is 5. The quantitative estimate of drug-likeness (QED) is 0.0964. The van der Waals surface area contributed by atoms with E-state index in [1.54, 1.807) is 9.42 Å². The molecule has 7 aliphatic carbocycles. The second-order valence-corrected chi connectivity index (χ2v) is 28.9. The Hall–Kier alpha value is -8.18. The second kappa shape index (κ2) is 24.9. The lowest BCUT2D eigenvalue weighted by Crippen LogP contribution is -2.36. The van der Waals surface area contributed by atoms with Crippen LogP contribution < -0.4 is 16.0 Å². The van der Waals surface area contributed by atoms with E-state index in [1.165, 1.54) is 4.90 Å². The number of hydrogen-bond acceptors (Lipinski definition) is 13. The maximum atomic E-state index is 13.3. The number of likely N-dealkylation sites (tertiary alicyclic amines) is 3. The summed E-state index contributed by atoms with van der Waals surface area (Å²) < 4.78 is 69.9. The zero-order chi connectivity index (χ0) is 65.3. The van der Waals surface area contributed by atoms with E-state index in [0.717, 1.165) is 176 Å². The Bertz CT molecular complexity index is 3950. The second-order valence-electron chi connectivity index (χ2n) is 28.9. The molecule has 10 fully saturated rings. The van der Waals surface area contributed by atoms with Crippen LogP contribution in [0.25, 0.3) is 16.9 Å². The Morgan fingerprint density at radius 3 is 1.14 bits per heavy atom. The van der Waals surface area contributed by atoms with Gasteiger partial charge in [-0.1, -0.05) is 18.2 Å². The number of hydrogen-bond donors (Lipinski definition) is 3. The lowest BCUT2D eigenvalue weighted by molar-refractivity contribution is -0.161. The molecule has 22 nitrogen and oxygen atoms in total. The maximum absolute atomic E-state index is 13.3. The molecule has 3 aliphatic heterocycles. The van der Waals surface area contributed by atoms with Gasteiger partial charge in [0.15, 0.2) is 16.9 Å². The van der Waals surface area contributed by atoms with Gasteiger partial charge in [-0.15, -0.1) is 15.3 Å². The van der Waals surface area contributed by atoms with Gasteiger partial charge in [0.1, 0.15) is 18.8 Å². The molecule has 27 heteroatoms. The number of nitriles is 1. The molecule has 7 saturated carbocycles. The van der Waals surface area contributed by atoms with E-state index in [4.69, 9.17) is 5.26 Å². The first-order valence-electron chi connectivity index (χ1n) is 33.8. The van der Waals surface area contributed by atoms with E-state index in [0.29, 0.717) is 61.5 Å². The smallest absolute Gasteiger partial charge is 0.342 e. The maximum Gasteiger partial charge on any atom is 0.397 e. The molecule has 6 amide bonds. The van der Waals surface area contributed by atoms with Crippen LogP contribution in [0.1, 0.15) is 189 Å². The van der Waals surface area contributed by atoms with Gasteiger partial charge in [-0.05, 0) is 187 Å². The zero-order valence-electron chi connectivity index (χ0n) is 52.6. The first-order chi connectivity index (χ1) is 45.1. The molecule has 0 bridgehead atoms. The van der Waals surface area contributed by atoms with Gasteiger partial charge >= 0.3 is 6.18 Å². The molecule has 1 atom stereocenters. The number of nitrogens with zero attached hydrogens (tertiary/aromatic N) is 13. The molecule has 3 spiro atoms. The van der Waals surface area contributed by atoms with Crippen molar-refractivity contribution in [2.24, 2.45) is 39.9 Å². The third-order valence-electron chi connectivity index (χ3n) is 22.1. The number of halogens is 5.